The lowest BCUT2D eigenvalue weighted by atomic mass is 10.2. The number of imidazole rings is 1. The topological polar surface area (TPSA) is 63.3 Å². The van der Waals surface area contributed by atoms with Crippen molar-refractivity contribution in [3.05, 3.63) is 54.2 Å². The van der Waals surface area contributed by atoms with E-state index < -0.39 is 0 Å². The predicted octanol–water partition coefficient (Wildman–Crippen LogP) is 3.70. The molecule has 1 saturated heterocycles. The molecule has 1 aliphatic rings. The lowest BCUT2D eigenvalue weighted by Gasteiger charge is -2.25. The minimum atomic E-state index is -0.0615. The molecule has 0 spiro atoms. The SMILES string of the molecule is CCn1c([C@H]2CCCN2C(=O)NCc2ccco2)nc2ccccc21. The highest BCUT2D eigenvalue weighted by Crippen LogP contribution is 2.33. The van der Waals surface area contributed by atoms with Gasteiger partial charge in [-0.2, -0.15) is 0 Å². The first-order chi connectivity index (χ1) is 12.3. The predicted molar refractivity (Wildman–Crippen MR) is 95.0 cm³/mol. The highest BCUT2D eigenvalue weighted by atomic mass is 16.3. The van der Waals surface area contributed by atoms with Gasteiger partial charge in [0, 0.05) is 13.1 Å². The van der Waals surface area contributed by atoms with E-state index in [0.717, 1.165) is 48.5 Å². The number of furan rings is 1. The number of benzene rings is 1. The zero-order valence-electron chi connectivity index (χ0n) is 14.3. The number of likely N-dealkylation sites (tertiary alicyclic amines) is 1. The van der Waals surface area contributed by atoms with Gasteiger partial charge in [-0.1, -0.05) is 12.1 Å². The molecule has 25 heavy (non-hydrogen) atoms. The quantitative estimate of drug-likeness (QED) is 0.789. The maximum Gasteiger partial charge on any atom is 0.318 e. The third-order valence-corrected chi connectivity index (χ3v) is 4.81. The Morgan fingerprint density at radius 3 is 3.00 bits per heavy atom. The van der Waals surface area contributed by atoms with E-state index in [1.54, 1.807) is 6.26 Å². The summed E-state index contributed by atoms with van der Waals surface area (Å²) in [5.74, 6) is 1.74. The fourth-order valence-electron chi connectivity index (χ4n) is 3.64. The first kappa shape index (κ1) is 15.7. The van der Waals surface area contributed by atoms with Gasteiger partial charge in [0.2, 0.25) is 0 Å². The molecule has 3 aromatic rings. The van der Waals surface area contributed by atoms with Gasteiger partial charge in [0.25, 0.3) is 0 Å². The summed E-state index contributed by atoms with van der Waals surface area (Å²) in [5.41, 5.74) is 2.12. The molecule has 3 heterocycles. The van der Waals surface area contributed by atoms with Gasteiger partial charge in [0.1, 0.15) is 11.6 Å². The van der Waals surface area contributed by atoms with Crippen LogP contribution in [-0.2, 0) is 13.1 Å². The lowest BCUT2D eigenvalue weighted by molar-refractivity contribution is 0.188. The Hall–Kier alpha value is -2.76. The van der Waals surface area contributed by atoms with Crippen LogP contribution in [-0.4, -0.2) is 27.0 Å². The molecule has 1 fully saturated rings. The van der Waals surface area contributed by atoms with Gasteiger partial charge in [-0.25, -0.2) is 9.78 Å². The molecule has 0 bridgehead atoms. The van der Waals surface area contributed by atoms with Crippen LogP contribution >= 0.6 is 0 Å². The third-order valence-electron chi connectivity index (χ3n) is 4.81. The number of hydrogen-bond acceptors (Lipinski definition) is 3. The van der Waals surface area contributed by atoms with E-state index in [9.17, 15) is 4.79 Å². The number of hydrogen-bond donors (Lipinski definition) is 1. The molecule has 0 unspecified atom stereocenters. The Kier molecular flexibility index (Phi) is 4.17. The van der Waals surface area contributed by atoms with Crippen molar-refractivity contribution in [2.45, 2.75) is 38.9 Å². The van der Waals surface area contributed by atoms with Crippen LogP contribution in [0.5, 0.6) is 0 Å². The van der Waals surface area contributed by atoms with Crippen molar-refractivity contribution < 1.29 is 9.21 Å². The molecule has 1 atom stereocenters. The fraction of sp³-hybridized carbons (Fsp3) is 0.368. The van der Waals surface area contributed by atoms with E-state index in [1.165, 1.54) is 0 Å². The second kappa shape index (κ2) is 6.63. The number of para-hydroxylation sites is 2. The average Bonchev–Trinajstić information content (AvgIpc) is 3.37. The Morgan fingerprint density at radius 2 is 2.20 bits per heavy atom. The molecule has 1 aliphatic heterocycles. The van der Waals surface area contributed by atoms with E-state index in [-0.39, 0.29) is 12.1 Å². The van der Waals surface area contributed by atoms with E-state index >= 15 is 0 Å². The molecule has 0 aliphatic carbocycles. The number of fused-ring (bicyclic) bond motifs is 1. The van der Waals surface area contributed by atoms with Crippen molar-refractivity contribution >= 4 is 17.1 Å². The first-order valence-electron chi connectivity index (χ1n) is 8.80. The van der Waals surface area contributed by atoms with Crippen molar-refractivity contribution in [3.63, 3.8) is 0 Å². The zero-order chi connectivity index (χ0) is 17.2. The van der Waals surface area contributed by atoms with Gasteiger partial charge in [-0.3, -0.25) is 0 Å². The molecule has 2 aromatic heterocycles. The minimum absolute atomic E-state index is 0.0175. The highest BCUT2D eigenvalue weighted by molar-refractivity contribution is 5.77. The van der Waals surface area contributed by atoms with Crippen LogP contribution in [0.25, 0.3) is 11.0 Å². The Balaban J connectivity index is 1.58. The van der Waals surface area contributed by atoms with Crippen molar-refractivity contribution in [2.75, 3.05) is 6.54 Å². The number of nitrogens with zero attached hydrogens (tertiary/aromatic N) is 3. The average molecular weight is 338 g/mol. The summed E-state index contributed by atoms with van der Waals surface area (Å²) in [6.07, 6.45) is 3.55. The Bertz CT molecular complexity index is 869. The number of carbonyl (C=O) groups excluding carboxylic acids is 1. The number of aromatic nitrogens is 2. The Morgan fingerprint density at radius 1 is 1.32 bits per heavy atom. The number of nitrogens with one attached hydrogen (secondary N) is 1. The van der Waals surface area contributed by atoms with Crippen LogP contribution < -0.4 is 5.32 Å². The smallest absolute Gasteiger partial charge is 0.318 e. The summed E-state index contributed by atoms with van der Waals surface area (Å²) >= 11 is 0. The van der Waals surface area contributed by atoms with Crippen molar-refractivity contribution in [2.24, 2.45) is 0 Å². The molecule has 0 saturated carbocycles. The molecule has 0 radical (unpaired) electrons. The van der Waals surface area contributed by atoms with Crippen LogP contribution in [0.2, 0.25) is 0 Å². The highest BCUT2D eigenvalue weighted by Gasteiger charge is 2.33. The molecular formula is C19H22N4O2. The van der Waals surface area contributed by atoms with Crippen molar-refractivity contribution in [1.29, 1.82) is 0 Å². The second-order valence-electron chi connectivity index (χ2n) is 6.29. The maximum atomic E-state index is 12.7. The van der Waals surface area contributed by atoms with Crippen LogP contribution in [0, 0.1) is 0 Å². The summed E-state index contributed by atoms with van der Waals surface area (Å²) in [7, 11) is 0. The van der Waals surface area contributed by atoms with E-state index in [2.05, 4.69) is 22.9 Å². The molecule has 6 nitrogen and oxygen atoms in total. The number of carbonyl (C=O) groups is 1. The monoisotopic (exact) mass is 338 g/mol. The second-order valence-corrected chi connectivity index (χ2v) is 6.29. The summed E-state index contributed by atoms with van der Waals surface area (Å²) in [4.78, 5) is 19.4. The number of aryl methyl sites for hydroxylation is 1. The van der Waals surface area contributed by atoms with E-state index in [4.69, 9.17) is 9.40 Å². The molecule has 6 heteroatoms. The third kappa shape index (κ3) is 2.88. The minimum Gasteiger partial charge on any atom is -0.467 e. The summed E-state index contributed by atoms with van der Waals surface area (Å²) in [6.45, 7) is 4.11. The van der Waals surface area contributed by atoms with Crippen LogP contribution in [0.4, 0.5) is 4.79 Å². The lowest BCUT2D eigenvalue weighted by Crippen LogP contribution is -2.39. The van der Waals surface area contributed by atoms with Crippen molar-refractivity contribution in [3.8, 4) is 0 Å². The molecule has 1 N–H and O–H groups in total. The van der Waals surface area contributed by atoms with Gasteiger partial charge < -0.3 is 19.2 Å². The first-order valence-corrected chi connectivity index (χ1v) is 8.80. The normalized spacial score (nSPS) is 17.3. The maximum absolute atomic E-state index is 12.7. The summed E-state index contributed by atoms with van der Waals surface area (Å²) < 4.78 is 7.51. The largest absolute Gasteiger partial charge is 0.467 e. The van der Waals surface area contributed by atoms with Crippen LogP contribution in [0.1, 0.15) is 37.4 Å². The van der Waals surface area contributed by atoms with Crippen LogP contribution in [0.15, 0.2) is 47.1 Å². The zero-order valence-corrected chi connectivity index (χ0v) is 14.3. The van der Waals surface area contributed by atoms with Crippen molar-refractivity contribution in [1.82, 2.24) is 19.8 Å². The molecular weight excluding hydrogens is 316 g/mol. The molecule has 4 rings (SSSR count). The molecule has 1 aromatic carbocycles. The van der Waals surface area contributed by atoms with Gasteiger partial charge in [-0.05, 0) is 44.0 Å². The van der Waals surface area contributed by atoms with Gasteiger partial charge in [0.05, 0.1) is 29.9 Å². The molecule has 130 valence electrons. The van der Waals surface area contributed by atoms with Gasteiger partial charge in [-0.15, -0.1) is 0 Å². The molecule has 2 amide bonds. The van der Waals surface area contributed by atoms with Gasteiger partial charge in [0.15, 0.2) is 0 Å². The van der Waals surface area contributed by atoms with E-state index in [0.29, 0.717) is 6.54 Å². The summed E-state index contributed by atoms with van der Waals surface area (Å²) in [5, 5.41) is 2.95. The van der Waals surface area contributed by atoms with Gasteiger partial charge >= 0.3 is 6.03 Å². The number of urea groups is 1. The van der Waals surface area contributed by atoms with Crippen LogP contribution in [0.3, 0.4) is 0 Å². The summed E-state index contributed by atoms with van der Waals surface area (Å²) in [6, 6.07) is 11.8. The number of amides is 2. The standard InChI is InChI=1S/C19H22N4O2/c1-2-22-16-9-4-3-8-15(16)21-18(22)17-10-5-11-23(17)19(24)20-13-14-7-6-12-25-14/h3-4,6-9,12,17H,2,5,10-11,13H2,1H3,(H,20,24)/t17-/m1/s1. The van der Waals surface area contributed by atoms with E-state index in [1.807, 2.05) is 35.2 Å². The Labute approximate surface area is 146 Å². The number of rotatable bonds is 4. The fourth-order valence-corrected chi connectivity index (χ4v) is 3.64.